The van der Waals surface area contributed by atoms with Gasteiger partial charge in [-0.2, -0.15) is 0 Å². The van der Waals surface area contributed by atoms with E-state index in [0.717, 1.165) is 20.8 Å². The molecule has 0 aromatic heterocycles. The number of rotatable bonds is 7. The Labute approximate surface area is 198 Å². The van der Waals surface area contributed by atoms with Crippen molar-refractivity contribution in [3.05, 3.63) is 63.7 Å². The van der Waals surface area contributed by atoms with Crippen LogP contribution in [0.3, 0.4) is 0 Å². The Kier molecular flexibility index (Phi) is 7.23. The molecule has 1 aliphatic rings. The number of amides is 2. The number of cyclic esters (lactones) is 1. The lowest BCUT2D eigenvalue weighted by Gasteiger charge is -2.40. The van der Waals surface area contributed by atoms with Gasteiger partial charge in [0, 0.05) is 39.3 Å². The molecule has 0 aliphatic carbocycles. The Morgan fingerprint density at radius 2 is 1.63 bits per heavy atom. The van der Waals surface area contributed by atoms with E-state index < -0.39 is 46.8 Å². The number of non-ortho nitro benzene ring substituents is 1. The first-order valence-electron chi connectivity index (χ1n) is 10.3. The number of para-hydroxylation sites is 1. The minimum Gasteiger partial charge on any atom is -0.458 e. The van der Waals surface area contributed by atoms with Gasteiger partial charge in [0.2, 0.25) is 5.91 Å². The van der Waals surface area contributed by atoms with Crippen LogP contribution in [0.15, 0.2) is 42.5 Å². The van der Waals surface area contributed by atoms with E-state index in [0.29, 0.717) is 10.5 Å². The van der Waals surface area contributed by atoms with Crippen LogP contribution in [-0.4, -0.2) is 51.7 Å². The summed E-state index contributed by atoms with van der Waals surface area (Å²) in [5.41, 5.74) is 0.163. The molecule has 0 radical (unpaired) electrons. The second-order valence-corrected chi connectivity index (χ2v) is 7.56. The molecule has 0 bridgehead atoms. The zero-order chi connectivity index (χ0) is 25.9. The predicted molar refractivity (Wildman–Crippen MR) is 116 cm³/mol. The highest BCUT2D eigenvalue weighted by Crippen LogP contribution is 2.35. The van der Waals surface area contributed by atoms with Crippen molar-refractivity contribution in [2.45, 2.75) is 39.3 Å². The first-order valence-corrected chi connectivity index (χ1v) is 10.3. The van der Waals surface area contributed by atoms with Gasteiger partial charge in [0.1, 0.15) is 6.10 Å². The van der Waals surface area contributed by atoms with Gasteiger partial charge in [0.15, 0.2) is 17.5 Å². The van der Waals surface area contributed by atoms with Crippen molar-refractivity contribution in [2.24, 2.45) is 0 Å². The maximum atomic E-state index is 13.4. The van der Waals surface area contributed by atoms with E-state index in [4.69, 9.17) is 14.2 Å². The summed E-state index contributed by atoms with van der Waals surface area (Å²) < 4.78 is 15.3. The van der Waals surface area contributed by atoms with Crippen LogP contribution >= 0.6 is 0 Å². The number of esters is 3. The smallest absolute Gasteiger partial charge is 0.333 e. The third kappa shape index (κ3) is 5.49. The van der Waals surface area contributed by atoms with Crippen LogP contribution in [0.1, 0.15) is 36.7 Å². The molecule has 0 unspecified atom stereocenters. The maximum absolute atomic E-state index is 13.4. The number of nitro benzene ring substituents is 1. The largest absolute Gasteiger partial charge is 0.458 e. The highest BCUT2D eigenvalue weighted by atomic mass is 16.6. The Hall–Kier alpha value is -4.61. The van der Waals surface area contributed by atoms with Gasteiger partial charge in [-0.25, -0.2) is 4.79 Å². The van der Waals surface area contributed by atoms with Crippen LogP contribution in [-0.2, 0) is 30.3 Å². The van der Waals surface area contributed by atoms with Crippen LogP contribution in [0.25, 0.3) is 0 Å². The molecule has 1 heterocycles. The molecule has 182 valence electrons. The van der Waals surface area contributed by atoms with Crippen LogP contribution in [0.4, 0.5) is 5.69 Å². The number of carbonyl (C=O) groups is 5. The van der Waals surface area contributed by atoms with Crippen molar-refractivity contribution in [3.8, 4) is 11.5 Å². The quantitative estimate of drug-likeness (QED) is 0.246. The molecule has 2 amide bonds. The third-order valence-corrected chi connectivity index (χ3v) is 4.99. The molecule has 0 saturated carbocycles. The third-order valence-electron chi connectivity index (χ3n) is 4.99. The zero-order valence-electron chi connectivity index (χ0n) is 18.9. The number of ether oxygens (including phenoxy) is 3. The molecule has 12 heteroatoms. The van der Waals surface area contributed by atoms with E-state index in [-0.39, 0.29) is 29.2 Å². The molecule has 12 nitrogen and oxygen atoms in total. The number of hydrogen-bond donors (Lipinski definition) is 0. The molecule has 2 aromatic rings. The van der Waals surface area contributed by atoms with E-state index >= 15 is 0 Å². The molecular formula is C23H20N2O10. The summed E-state index contributed by atoms with van der Waals surface area (Å²) in [4.78, 5) is 72.3. The average Bonchev–Trinajstić information content (AvgIpc) is 2.77. The molecule has 0 spiro atoms. The SMILES string of the molecule is CC(=O)Oc1cccc(C(=O)N(C(C)=O)[C@@H]2C(=O)O[C@@H]2Cc2ccc([N+](=O)[O-])cc2)c1OC(C)=O. The molecule has 3 rings (SSSR count). The Morgan fingerprint density at radius 1 is 1.00 bits per heavy atom. The van der Waals surface area contributed by atoms with Gasteiger partial charge in [-0.1, -0.05) is 18.2 Å². The summed E-state index contributed by atoms with van der Waals surface area (Å²) in [5.74, 6) is -4.74. The number of imide groups is 1. The molecule has 35 heavy (non-hydrogen) atoms. The molecular weight excluding hydrogens is 464 g/mol. The van der Waals surface area contributed by atoms with Gasteiger partial charge in [0.25, 0.3) is 11.6 Å². The van der Waals surface area contributed by atoms with Gasteiger partial charge < -0.3 is 14.2 Å². The van der Waals surface area contributed by atoms with E-state index in [1.165, 1.54) is 42.5 Å². The van der Waals surface area contributed by atoms with Crippen molar-refractivity contribution < 1.29 is 43.1 Å². The lowest BCUT2D eigenvalue weighted by molar-refractivity contribution is -0.384. The number of nitrogens with zero attached hydrogens (tertiary/aromatic N) is 2. The van der Waals surface area contributed by atoms with Crippen molar-refractivity contribution in [1.29, 1.82) is 0 Å². The molecule has 1 saturated heterocycles. The Bertz CT molecular complexity index is 1220. The standard InChI is InChI=1S/C23H20N2O10/c1-12(26)24(20-19(35-23(20)30)11-15-7-9-16(10-8-15)25(31)32)22(29)17-5-4-6-18(33-13(2)27)21(17)34-14(3)28/h4-10,19-20H,11H2,1-3H3/t19-,20+/m1/s1. The fraction of sp³-hybridized carbons (Fsp3) is 0.261. The minimum atomic E-state index is -1.29. The highest BCUT2D eigenvalue weighted by molar-refractivity contribution is 6.09. The van der Waals surface area contributed by atoms with Crippen molar-refractivity contribution in [3.63, 3.8) is 0 Å². The van der Waals surface area contributed by atoms with E-state index in [1.807, 2.05) is 0 Å². The molecule has 0 N–H and O–H groups in total. The molecule has 1 aliphatic heterocycles. The van der Waals surface area contributed by atoms with Crippen molar-refractivity contribution in [2.75, 3.05) is 0 Å². The van der Waals surface area contributed by atoms with E-state index in [2.05, 4.69) is 0 Å². The van der Waals surface area contributed by atoms with Gasteiger partial charge >= 0.3 is 17.9 Å². The second kappa shape index (κ2) is 10.1. The lowest BCUT2D eigenvalue weighted by atomic mass is 9.95. The minimum absolute atomic E-state index is 0.0791. The van der Waals surface area contributed by atoms with Gasteiger partial charge in [0.05, 0.1) is 10.5 Å². The lowest BCUT2D eigenvalue weighted by Crippen LogP contribution is -2.63. The average molecular weight is 484 g/mol. The summed E-state index contributed by atoms with van der Waals surface area (Å²) in [5, 5.41) is 10.8. The summed E-state index contributed by atoms with van der Waals surface area (Å²) in [6.07, 6.45) is -0.832. The van der Waals surface area contributed by atoms with E-state index in [9.17, 15) is 34.1 Å². The number of nitro groups is 1. The number of benzene rings is 2. The van der Waals surface area contributed by atoms with Crippen LogP contribution in [0, 0.1) is 10.1 Å². The topological polar surface area (TPSA) is 159 Å². The summed E-state index contributed by atoms with van der Waals surface area (Å²) in [6, 6.07) is 8.12. The first kappa shape index (κ1) is 25.0. The summed E-state index contributed by atoms with van der Waals surface area (Å²) in [7, 11) is 0. The number of carbonyl (C=O) groups excluding carboxylic acids is 5. The summed E-state index contributed by atoms with van der Waals surface area (Å²) in [6.45, 7) is 3.26. The van der Waals surface area contributed by atoms with Gasteiger partial charge in [-0.15, -0.1) is 0 Å². The Balaban J connectivity index is 1.94. The fourth-order valence-electron chi connectivity index (χ4n) is 3.54. The molecule has 2 atom stereocenters. The van der Waals surface area contributed by atoms with E-state index in [1.54, 1.807) is 0 Å². The fourth-order valence-corrected chi connectivity index (χ4v) is 3.54. The maximum Gasteiger partial charge on any atom is 0.333 e. The predicted octanol–water partition coefficient (Wildman–Crippen LogP) is 1.97. The number of hydrogen-bond acceptors (Lipinski definition) is 10. The van der Waals surface area contributed by atoms with Crippen LogP contribution in [0.2, 0.25) is 0 Å². The van der Waals surface area contributed by atoms with Crippen LogP contribution < -0.4 is 9.47 Å². The first-order chi connectivity index (χ1) is 16.5. The van der Waals surface area contributed by atoms with Crippen molar-refractivity contribution in [1.82, 2.24) is 4.90 Å². The molecule has 1 fully saturated rings. The second-order valence-electron chi connectivity index (χ2n) is 7.56. The highest BCUT2D eigenvalue weighted by Gasteiger charge is 2.50. The monoisotopic (exact) mass is 484 g/mol. The van der Waals surface area contributed by atoms with Gasteiger partial charge in [-0.3, -0.25) is 34.2 Å². The van der Waals surface area contributed by atoms with Crippen molar-refractivity contribution >= 4 is 35.4 Å². The summed E-state index contributed by atoms with van der Waals surface area (Å²) >= 11 is 0. The van der Waals surface area contributed by atoms with Crippen LogP contribution in [0.5, 0.6) is 11.5 Å². The normalized spacial score (nSPS) is 16.4. The zero-order valence-corrected chi connectivity index (χ0v) is 18.9. The molecule has 2 aromatic carbocycles. The Morgan fingerprint density at radius 3 is 2.14 bits per heavy atom. The van der Waals surface area contributed by atoms with Gasteiger partial charge in [-0.05, 0) is 17.7 Å².